The average Bonchev–Trinajstić information content (AvgIpc) is 3.78. The second kappa shape index (κ2) is 12.8. The molecule has 2 fully saturated rings. The second-order valence-corrected chi connectivity index (χ2v) is 14.7. The number of aryl methyl sites for hydroxylation is 2. The zero-order valence-electron chi connectivity index (χ0n) is 28.9. The Balaban J connectivity index is 1.29. The minimum absolute atomic E-state index is 0.0518. The van der Waals surface area contributed by atoms with Gasteiger partial charge in [-0.1, -0.05) is 33.1 Å². The number of amides is 2. The highest BCUT2D eigenvalue weighted by atomic mass is 16.5. The highest BCUT2D eigenvalue weighted by Crippen LogP contribution is 2.42. The van der Waals surface area contributed by atoms with Crippen molar-refractivity contribution in [1.82, 2.24) is 29.3 Å². The molecule has 2 amide bonds. The van der Waals surface area contributed by atoms with Gasteiger partial charge in [-0.15, -0.1) is 0 Å². The van der Waals surface area contributed by atoms with Gasteiger partial charge in [-0.2, -0.15) is 0 Å². The largest absolute Gasteiger partial charge is 0.494 e. The van der Waals surface area contributed by atoms with Crippen molar-refractivity contribution in [2.75, 3.05) is 27.3 Å². The van der Waals surface area contributed by atoms with E-state index in [1.54, 1.807) is 19.1 Å². The number of hydrogen-bond donors (Lipinski definition) is 2. The summed E-state index contributed by atoms with van der Waals surface area (Å²) in [5.74, 6) is 1.81. The van der Waals surface area contributed by atoms with Crippen molar-refractivity contribution in [3.63, 3.8) is 0 Å². The maximum atomic E-state index is 13.7. The third-order valence-corrected chi connectivity index (χ3v) is 10.8. The molecule has 2 aliphatic heterocycles. The van der Waals surface area contributed by atoms with Crippen molar-refractivity contribution in [2.45, 2.75) is 89.9 Å². The molecule has 1 saturated carbocycles. The zero-order valence-corrected chi connectivity index (χ0v) is 28.9. The monoisotopic (exact) mass is 655 g/mol. The van der Waals surface area contributed by atoms with Crippen LogP contribution in [0, 0.1) is 11.3 Å². The number of rotatable bonds is 5. The van der Waals surface area contributed by atoms with Crippen LogP contribution >= 0.6 is 0 Å². The zero-order chi connectivity index (χ0) is 33.7. The van der Waals surface area contributed by atoms with Crippen LogP contribution in [0.1, 0.15) is 87.3 Å². The fourth-order valence-electron chi connectivity index (χ4n) is 7.67. The van der Waals surface area contributed by atoms with E-state index in [-0.39, 0.29) is 30.0 Å². The first-order valence-corrected chi connectivity index (χ1v) is 17.5. The van der Waals surface area contributed by atoms with Gasteiger partial charge in [-0.05, 0) is 68.4 Å². The van der Waals surface area contributed by atoms with Crippen LogP contribution < -0.4 is 15.8 Å². The van der Waals surface area contributed by atoms with Gasteiger partial charge in [0, 0.05) is 56.2 Å². The van der Waals surface area contributed by atoms with Gasteiger partial charge in [0.1, 0.15) is 16.9 Å². The summed E-state index contributed by atoms with van der Waals surface area (Å²) in [6.07, 6.45) is 7.87. The minimum atomic E-state index is -0.409. The Morgan fingerprint density at radius 1 is 1.02 bits per heavy atom. The molecule has 3 atom stereocenters. The number of imidazole rings is 1. The van der Waals surface area contributed by atoms with E-state index in [4.69, 9.17) is 25.2 Å². The summed E-state index contributed by atoms with van der Waals surface area (Å²) in [4.78, 5) is 39.4. The van der Waals surface area contributed by atoms with Gasteiger partial charge < -0.3 is 34.6 Å². The van der Waals surface area contributed by atoms with Gasteiger partial charge >= 0.3 is 0 Å². The number of likely N-dealkylation sites (tertiary alicyclic amines) is 1. The van der Waals surface area contributed by atoms with Crippen molar-refractivity contribution >= 4 is 33.9 Å². The van der Waals surface area contributed by atoms with E-state index in [0.29, 0.717) is 42.3 Å². The van der Waals surface area contributed by atoms with Crippen LogP contribution in [0.15, 0.2) is 30.3 Å². The molecule has 2 bridgehead atoms. The van der Waals surface area contributed by atoms with E-state index in [1.165, 1.54) is 0 Å². The lowest BCUT2D eigenvalue weighted by molar-refractivity contribution is -0.130. The number of benzene rings is 1. The predicted molar refractivity (Wildman–Crippen MR) is 186 cm³/mol. The highest BCUT2D eigenvalue weighted by molar-refractivity contribution is 6.00. The first-order chi connectivity index (χ1) is 23.1. The van der Waals surface area contributed by atoms with Crippen LogP contribution in [0.4, 0.5) is 0 Å². The van der Waals surface area contributed by atoms with Crippen molar-refractivity contribution in [3.05, 3.63) is 41.6 Å². The molecule has 1 saturated heterocycles. The fraction of sp³-hybridized carbons (Fsp3) is 0.568. The van der Waals surface area contributed by atoms with Crippen LogP contribution in [0.25, 0.3) is 33.6 Å². The Bertz CT molecular complexity index is 1860. The van der Waals surface area contributed by atoms with Gasteiger partial charge in [0.05, 0.1) is 36.2 Å². The Morgan fingerprint density at radius 2 is 1.81 bits per heavy atom. The summed E-state index contributed by atoms with van der Waals surface area (Å²) in [7, 11) is 5.29. The van der Waals surface area contributed by atoms with E-state index in [0.717, 1.165) is 85.3 Å². The number of carbonyl (C=O) groups is 2. The number of aromatic nitrogens is 4. The number of nitrogens with two attached hydrogens (primary N) is 1. The Labute approximate surface area is 282 Å². The molecule has 256 valence electrons. The van der Waals surface area contributed by atoms with Crippen molar-refractivity contribution < 1.29 is 19.1 Å². The molecule has 3 N–H and O–H groups in total. The SMILES string of the molecule is COc1cc(C(=O)N2CC[C@@H](OC)[C@@H](N)C2)cc2nc(-c3cc4ccc5nc4n3CCCCCCC(C)(C)C(=O)NC5C3CC3)n(C)c12. The van der Waals surface area contributed by atoms with E-state index in [9.17, 15) is 9.59 Å². The summed E-state index contributed by atoms with van der Waals surface area (Å²) in [5.41, 5.74) is 10.7. The fourth-order valence-corrected chi connectivity index (χ4v) is 7.67. The predicted octanol–water partition coefficient (Wildman–Crippen LogP) is 5.34. The quantitative estimate of drug-likeness (QED) is 0.297. The van der Waals surface area contributed by atoms with Gasteiger partial charge in [0.15, 0.2) is 5.82 Å². The van der Waals surface area contributed by atoms with Crippen LogP contribution in [-0.4, -0.2) is 75.3 Å². The number of fused-ring (bicyclic) bond motifs is 2. The number of carbonyl (C=O) groups excluding carboxylic acids is 2. The molecule has 1 unspecified atom stereocenters. The van der Waals surface area contributed by atoms with Crippen molar-refractivity contribution in [1.29, 1.82) is 0 Å². The van der Waals surface area contributed by atoms with Gasteiger partial charge in [0.2, 0.25) is 5.91 Å². The number of ether oxygens (including phenoxy) is 2. The molecule has 11 nitrogen and oxygen atoms in total. The molecule has 5 heterocycles. The van der Waals surface area contributed by atoms with Crippen LogP contribution in [0.5, 0.6) is 5.75 Å². The lowest BCUT2D eigenvalue weighted by atomic mass is 9.85. The minimum Gasteiger partial charge on any atom is -0.494 e. The molecular weight excluding hydrogens is 606 g/mol. The molecule has 0 spiro atoms. The van der Waals surface area contributed by atoms with Gasteiger partial charge in [-0.25, -0.2) is 9.97 Å². The number of hydrogen-bond acceptors (Lipinski definition) is 7. The number of piperidine rings is 1. The molecule has 11 heteroatoms. The summed E-state index contributed by atoms with van der Waals surface area (Å²) in [6, 6.07) is 9.72. The van der Waals surface area contributed by atoms with Crippen molar-refractivity contribution in [3.8, 4) is 17.3 Å². The maximum absolute atomic E-state index is 13.7. The summed E-state index contributed by atoms with van der Waals surface area (Å²) < 4.78 is 15.7. The number of nitrogens with one attached hydrogen (secondary N) is 1. The smallest absolute Gasteiger partial charge is 0.254 e. The highest BCUT2D eigenvalue weighted by Gasteiger charge is 2.38. The molecule has 0 radical (unpaired) electrons. The summed E-state index contributed by atoms with van der Waals surface area (Å²) in [5, 5.41) is 4.44. The van der Waals surface area contributed by atoms with Gasteiger partial charge in [0.25, 0.3) is 5.91 Å². The Kier molecular flexibility index (Phi) is 8.70. The summed E-state index contributed by atoms with van der Waals surface area (Å²) >= 11 is 0. The topological polar surface area (TPSA) is 130 Å². The van der Waals surface area contributed by atoms with Crippen molar-refractivity contribution in [2.24, 2.45) is 24.1 Å². The molecule has 4 aromatic rings. The Hall–Kier alpha value is -3.96. The van der Waals surface area contributed by atoms with Crippen LogP contribution in [0.3, 0.4) is 0 Å². The molecule has 1 aromatic carbocycles. The lowest BCUT2D eigenvalue weighted by Gasteiger charge is -2.36. The molecule has 7 rings (SSSR count). The van der Waals surface area contributed by atoms with Gasteiger partial charge in [-0.3, -0.25) is 9.59 Å². The van der Waals surface area contributed by atoms with E-state index in [1.807, 2.05) is 19.2 Å². The lowest BCUT2D eigenvalue weighted by Crippen LogP contribution is -2.53. The van der Waals surface area contributed by atoms with E-state index in [2.05, 4.69) is 46.5 Å². The molecule has 3 aromatic heterocycles. The molecule has 1 aliphatic carbocycles. The van der Waals surface area contributed by atoms with Crippen LogP contribution in [-0.2, 0) is 23.1 Å². The summed E-state index contributed by atoms with van der Waals surface area (Å²) in [6.45, 7) is 5.95. The third kappa shape index (κ3) is 5.96. The average molecular weight is 656 g/mol. The number of methoxy groups -OCH3 is 2. The van der Waals surface area contributed by atoms with E-state index < -0.39 is 5.41 Å². The third-order valence-electron chi connectivity index (χ3n) is 10.8. The molecule has 48 heavy (non-hydrogen) atoms. The first-order valence-electron chi connectivity index (χ1n) is 17.5. The normalized spacial score (nSPS) is 23.8. The molecule has 3 aliphatic rings. The van der Waals surface area contributed by atoms with E-state index >= 15 is 0 Å². The standard InChI is InChI=1S/C37H49N7O4/c1-37(2)15-8-6-7-9-16-44-28(19-23-12-13-26(39-33(23)44)31(22-10-11-22)41-36(37)46)34-40-27-18-24(20-30(48-5)32(27)42(34)3)35(45)43-17-14-29(47-4)25(38)21-43/h12-13,18-20,22,25,29,31H,6-11,14-17,21,38H2,1-5H3,(H,41,46)/t25-,29+,31?/m0/s1. The van der Waals surface area contributed by atoms with Crippen LogP contribution in [0.2, 0.25) is 0 Å². The second-order valence-electron chi connectivity index (χ2n) is 14.7. The number of pyridine rings is 1. The maximum Gasteiger partial charge on any atom is 0.254 e. The first kappa shape index (κ1) is 32.6. The Morgan fingerprint density at radius 3 is 2.54 bits per heavy atom. The molecular formula is C37H49N7O4. The number of nitrogens with zero attached hydrogens (tertiary/aromatic N) is 5.